The lowest BCUT2D eigenvalue weighted by Crippen LogP contribution is -2.22. The third-order valence-electron chi connectivity index (χ3n) is 4.91. The smallest absolute Gasteiger partial charge is 0.262 e. The standard InChI is InChI=1S/C25H19Cl2NO5/c1-14-3-9-18-21(11-14)33-24(15-4-7-17(31-2)8-5-15)25(23(18)30)32-13-22(29)28-16-6-10-19(26)20(27)12-16/h3-12H,13H2,1-2H3,(H,28,29). The van der Waals surface area contributed by atoms with Crippen molar-refractivity contribution in [3.8, 4) is 22.8 Å². The molecule has 33 heavy (non-hydrogen) atoms. The molecule has 0 bridgehead atoms. The molecular formula is C25H19Cl2NO5. The monoisotopic (exact) mass is 483 g/mol. The molecule has 0 unspecified atom stereocenters. The van der Waals surface area contributed by atoms with Crippen LogP contribution >= 0.6 is 23.2 Å². The minimum Gasteiger partial charge on any atom is -0.497 e. The topological polar surface area (TPSA) is 77.8 Å². The quantitative estimate of drug-likeness (QED) is 0.358. The summed E-state index contributed by atoms with van der Waals surface area (Å²) in [5, 5.41) is 3.70. The van der Waals surface area contributed by atoms with Gasteiger partial charge in [-0.1, -0.05) is 29.3 Å². The first-order valence-electron chi connectivity index (χ1n) is 9.95. The Labute approximate surface area is 199 Å². The van der Waals surface area contributed by atoms with Crippen LogP contribution in [0.3, 0.4) is 0 Å². The van der Waals surface area contributed by atoms with Crippen LogP contribution in [0.1, 0.15) is 5.56 Å². The molecule has 0 spiro atoms. The van der Waals surface area contributed by atoms with Crippen LogP contribution in [0.5, 0.6) is 11.5 Å². The Morgan fingerprint density at radius 2 is 1.76 bits per heavy atom. The van der Waals surface area contributed by atoms with Gasteiger partial charge in [0.1, 0.15) is 11.3 Å². The summed E-state index contributed by atoms with van der Waals surface area (Å²) in [4.78, 5) is 25.7. The van der Waals surface area contributed by atoms with Gasteiger partial charge in [0.2, 0.25) is 11.2 Å². The Balaban J connectivity index is 1.67. The van der Waals surface area contributed by atoms with Gasteiger partial charge in [0.25, 0.3) is 5.91 Å². The maximum absolute atomic E-state index is 13.2. The Kier molecular flexibility index (Phi) is 6.58. The highest BCUT2D eigenvalue weighted by Gasteiger charge is 2.19. The number of nitrogens with one attached hydrogen (secondary N) is 1. The van der Waals surface area contributed by atoms with E-state index in [0.29, 0.717) is 38.0 Å². The molecule has 168 valence electrons. The van der Waals surface area contributed by atoms with Crippen molar-refractivity contribution < 1.29 is 18.7 Å². The fourth-order valence-electron chi connectivity index (χ4n) is 3.26. The summed E-state index contributed by atoms with van der Waals surface area (Å²) in [5.74, 6) is 0.350. The van der Waals surface area contributed by atoms with Crippen LogP contribution in [0.2, 0.25) is 10.0 Å². The molecule has 1 N–H and O–H groups in total. The number of halogens is 2. The van der Waals surface area contributed by atoms with Gasteiger partial charge in [-0.05, 0) is 67.1 Å². The van der Waals surface area contributed by atoms with Gasteiger partial charge in [-0.2, -0.15) is 0 Å². The van der Waals surface area contributed by atoms with E-state index in [0.717, 1.165) is 5.56 Å². The van der Waals surface area contributed by atoms with Gasteiger partial charge >= 0.3 is 0 Å². The number of carbonyl (C=O) groups is 1. The molecule has 0 aliphatic carbocycles. The maximum Gasteiger partial charge on any atom is 0.262 e. The number of hydrogen-bond acceptors (Lipinski definition) is 5. The van der Waals surface area contributed by atoms with E-state index in [2.05, 4.69) is 5.32 Å². The number of carbonyl (C=O) groups excluding carboxylic acids is 1. The molecule has 1 aromatic heterocycles. The van der Waals surface area contributed by atoms with E-state index in [1.165, 1.54) is 6.07 Å². The first kappa shape index (κ1) is 22.7. The van der Waals surface area contributed by atoms with Crippen LogP contribution in [0.25, 0.3) is 22.3 Å². The Bertz CT molecular complexity index is 1400. The third-order valence-corrected chi connectivity index (χ3v) is 5.65. The van der Waals surface area contributed by atoms with Crippen LogP contribution < -0.4 is 20.2 Å². The second kappa shape index (κ2) is 9.57. The lowest BCUT2D eigenvalue weighted by Gasteiger charge is -2.13. The van der Waals surface area contributed by atoms with Crippen LogP contribution in [0, 0.1) is 6.92 Å². The number of amides is 1. The number of rotatable bonds is 6. The van der Waals surface area contributed by atoms with Gasteiger partial charge in [0.15, 0.2) is 12.4 Å². The summed E-state index contributed by atoms with van der Waals surface area (Å²) < 4.78 is 17.0. The molecule has 0 aliphatic rings. The normalized spacial score (nSPS) is 10.8. The lowest BCUT2D eigenvalue weighted by molar-refractivity contribution is -0.118. The molecule has 0 saturated heterocycles. The van der Waals surface area contributed by atoms with Crippen LogP contribution in [0.4, 0.5) is 5.69 Å². The average molecular weight is 484 g/mol. The molecule has 0 aliphatic heterocycles. The van der Waals surface area contributed by atoms with Gasteiger partial charge < -0.3 is 19.2 Å². The van der Waals surface area contributed by atoms with Crippen LogP contribution in [0.15, 0.2) is 69.9 Å². The molecule has 0 fully saturated rings. The third kappa shape index (κ3) is 4.97. The molecule has 0 saturated carbocycles. The summed E-state index contributed by atoms with van der Waals surface area (Å²) >= 11 is 11.9. The summed E-state index contributed by atoms with van der Waals surface area (Å²) in [6, 6.07) is 17.0. The summed E-state index contributed by atoms with van der Waals surface area (Å²) in [6.45, 7) is 1.50. The zero-order chi connectivity index (χ0) is 23.5. The number of hydrogen-bond donors (Lipinski definition) is 1. The molecule has 0 radical (unpaired) electrons. The largest absolute Gasteiger partial charge is 0.497 e. The highest BCUT2D eigenvalue weighted by molar-refractivity contribution is 6.42. The summed E-state index contributed by atoms with van der Waals surface area (Å²) in [5.41, 5.74) is 2.06. The van der Waals surface area contributed by atoms with Crippen molar-refractivity contribution in [2.24, 2.45) is 0 Å². The van der Waals surface area contributed by atoms with Crippen molar-refractivity contribution in [1.29, 1.82) is 0 Å². The molecular weight excluding hydrogens is 465 g/mol. The number of fused-ring (bicyclic) bond motifs is 1. The molecule has 1 heterocycles. The highest BCUT2D eigenvalue weighted by atomic mass is 35.5. The second-order valence-electron chi connectivity index (χ2n) is 7.28. The van der Waals surface area contributed by atoms with Crippen molar-refractivity contribution >= 4 is 45.8 Å². The Hall–Kier alpha value is -3.48. The summed E-state index contributed by atoms with van der Waals surface area (Å²) in [6.07, 6.45) is 0. The number of aryl methyl sites for hydroxylation is 1. The SMILES string of the molecule is COc1ccc(-c2oc3cc(C)ccc3c(=O)c2OCC(=O)Nc2ccc(Cl)c(Cl)c2)cc1. The van der Waals surface area contributed by atoms with E-state index in [9.17, 15) is 9.59 Å². The number of ether oxygens (including phenoxy) is 2. The van der Waals surface area contributed by atoms with Gasteiger partial charge in [0.05, 0.1) is 22.5 Å². The summed E-state index contributed by atoms with van der Waals surface area (Å²) in [7, 11) is 1.56. The minimum absolute atomic E-state index is 0.0548. The van der Waals surface area contributed by atoms with Crippen LogP contribution in [-0.2, 0) is 4.79 Å². The van der Waals surface area contributed by atoms with E-state index < -0.39 is 12.5 Å². The van der Waals surface area contributed by atoms with Gasteiger partial charge in [0, 0.05) is 11.3 Å². The second-order valence-corrected chi connectivity index (χ2v) is 8.10. The van der Waals surface area contributed by atoms with Crippen molar-refractivity contribution in [2.45, 2.75) is 6.92 Å². The van der Waals surface area contributed by atoms with Crippen molar-refractivity contribution in [3.05, 3.63) is 86.5 Å². The Morgan fingerprint density at radius 1 is 1.00 bits per heavy atom. The van der Waals surface area contributed by atoms with E-state index in [4.69, 9.17) is 37.1 Å². The van der Waals surface area contributed by atoms with E-state index in [1.807, 2.05) is 13.0 Å². The average Bonchev–Trinajstić information content (AvgIpc) is 2.80. The van der Waals surface area contributed by atoms with Crippen LogP contribution in [-0.4, -0.2) is 19.6 Å². The van der Waals surface area contributed by atoms with Gasteiger partial charge in [-0.25, -0.2) is 0 Å². The first-order valence-corrected chi connectivity index (χ1v) is 10.7. The van der Waals surface area contributed by atoms with Crippen molar-refractivity contribution in [2.75, 3.05) is 19.0 Å². The predicted molar refractivity (Wildman–Crippen MR) is 130 cm³/mol. The zero-order valence-corrected chi connectivity index (χ0v) is 19.3. The molecule has 4 rings (SSSR count). The number of methoxy groups -OCH3 is 1. The maximum atomic E-state index is 13.2. The van der Waals surface area contributed by atoms with E-state index in [1.54, 1.807) is 55.6 Å². The molecule has 8 heteroatoms. The highest BCUT2D eigenvalue weighted by Crippen LogP contribution is 2.32. The Morgan fingerprint density at radius 3 is 2.45 bits per heavy atom. The fourth-order valence-corrected chi connectivity index (χ4v) is 3.55. The predicted octanol–water partition coefficient (Wildman–Crippen LogP) is 6.10. The molecule has 3 aromatic carbocycles. The molecule has 6 nitrogen and oxygen atoms in total. The first-order chi connectivity index (χ1) is 15.9. The van der Waals surface area contributed by atoms with Crippen molar-refractivity contribution in [1.82, 2.24) is 0 Å². The molecule has 4 aromatic rings. The van der Waals surface area contributed by atoms with Gasteiger partial charge in [-0.3, -0.25) is 9.59 Å². The minimum atomic E-state index is -0.475. The van der Waals surface area contributed by atoms with Crippen molar-refractivity contribution in [3.63, 3.8) is 0 Å². The van der Waals surface area contributed by atoms with Gasteiger partial charge in [-0.15, -0.1) is 0 Å². The lowest BCUT2D eigenvalue weighted by atomic mass is 10.1. The number of benzene rings is 3. The molecule has 1 amide bonds. The van der Waals surface area contributed by atoms with E-state index in [-0.39, 0.29) is 16.9 Å². The zero-order valence-electron chi connectivity index (χ0n) is 17.8. The van der Waals surface area contributed by atoms with E-state index >= 15 is 0 Å². The molecule has 0 atom stereocenters. The number of anilines is 1. The fraction of sp³-hybridized carbons (Fsp3) is 0.120.